The average molecular weight is 215 g/mol. The molecule has 0 aliphatic carbocycles. The molecule has 0 bridgehead atoms. The van der Waals surface area contributed by atoms with Gasteiger partial charge in [0.05, 0.1) is 27.2 Å². The molecule has 5 nitrogen and oxygen atoms in total. The molecule has 1 heterocycles. The van der Waals surface area contributed by atoms with E-state index in [2.05, 4.69) is 14.1 Å². The lowest BCUT2D eigenvalue weighted by molar-refractivity contribution is -0.877. The quantitative estimate of drug-likeness (QED) is 0.356. The molecule has 1 saturated heterocycles. The lowest BCUT2D eigenvalue weighted by Crippen LogP contribution is -2.35. The van der Waals surface area contributed by atoms with E-state index >= 15 is 0 Å². The minimum Gasteiger partial charge on any atom is -0.724 e. The molecule has 0 aromatic carbocycles. The van der Waals surface area contributed by atoms with Crippen LogP contribution >= 0.6 is 0 Å². The normalized spacial score (nSPS) is 20.6. The number of halogens is 1. The van der Waals surface area contributed by atoms with Gasteiger partial charge in [-0.2, -0.15) is 0 Å². The second-order valence-electron chi connectivity index (χ2n) is 3.56. The van der Waals surface area contributed by atoms with Gasteiger partial charge >= 0.3 is 0 Å². The summed E-state index contributed by atoms with van der Waals surface area (Å²) >= 11 is 0. The van der Waals surface area contributed by atoms with Gasteiger partial charge in [0.1, 0.15) is 0 Å². The molecule has 0 radical (unpaired) electrons. The SMILES string of the molecule is C[N+]1(C)CCCC1.O=S(=O)([O-])OF. The van der Waals surface area contributed by atoms with E-state index in [0.717, 1.165) is 0 Å². The molecule has 0 aromatic heterocycles. The van der Waals surface area contributed by atoms with Crippen molar-refractivity contribution in [3.8, 4) is 0 Å². The van der Waals surface area contributed by atoms with Crippen LogP contribution in [0.15, 0.2) is 0 Å². The molecular weight excluding hydrogens is 201 g/mol. The summed E-state index contributed by atoms with van der Waals surface area (Å²) in [6.45, 7) is 2.78. The molecule has 1 rings (SSSR count). The predicted molar refractivity (Wildman–Crippen MR) is 43.0 cm³/mol. The molecule has 13 heavy (non-hydrogen) atoms. The summed E-state index contributed by atoms with van der Waals surface area (Å²) < 4.78 is 39.7. The van der Waals surface area contributed by atoms with Gasteiger partial charge in [0.2, 0.25) is 10.4 Å². The third-order valence-electron chi connectivity index (χ3n) is 1.85. The lowest BCUT2D eigenvalue weighted by Gasteiger charge is -2.21. The molecular formula is C6H14FNO4S. The highest BCUT2D eigenvalue weighted by molar-refractivity contribution is 7.80. The molecule has 1 aliphatic rings. The summed E-state index contributed by atoms with van der Waals surface area (Å²) in [7, 11) is -0.481. The van der Waals surface area contributed by atoms with Crippen LogP contribution in [-0.4, -0.2) is 44.6 Å². The van der Waals surface area contributed by atoms with Crippen molar-refractivity contribution in [1.29, 1.82) is 0 Å². The van der Waals surface area contributed by atoms with Crippen molar-refractivity contribution in [2.45, 2.75) is 12.8 Å². The summed E-state index contributed by atoms with van der Waals surface area (Å²) in [5, 5.41) is 0. The zero-order valence-corrected chi connectivity index (χ0v) is 8.51. The number of nitrogens with zero attached hydrogens (tertiary/aromatic N) is 1. The molecule has 1 fully saturated rings. The number of quaternary nitrogens is 1. The molecule has 7 heteroatoms. The van der Waals surface area contributed by atoms with Gasteiger partial charge in [0.25, 0.3) is 0 Å². The van der Waals surface area contributed by atoms with Crippen molar-refractivity contribution in [3.05, 3.63) is 0 Å². The summed E-state index contributed by atoms with van der Waals surface area (Å²) in [5.74, 6) is 0. The second kappa shape index (κ2) is 4.85. The average Bonchev–Trinajstić information content (AvgIpc) is 2.34. The number of rotatable bonds is 1. The molecule has 1 aliphatic heterocycles. The van der Waals surface area contributed by atoms with E-state index in [1.54, 1.807) is 0 Å². The summed E-state index contributed by atoms with van der Waals surface area (Å²) in [6.07, 6.45) is 2.88. The van der Waals surface area contributed by atoms with Crippen molar-refractivity contribution < 1.29 is 26.4 Å². The van der Waals surface area contributed by atoms with Crippen molar-refractivity contribution in [2.24, 2.45) is 0 Å². The smallest absolute Gasteiger partial charge is 0.250 e. The molecule has 0 saturated carbocycles. The highest BCUT2D eigenvalue weighted by atomic mass is 32.3. The third-order valence-corrected chi connectivity index (χ3v) is 2.01. The van der Waals surface area contributed by atoms with E-state index in [1.165, 1.54) is 30.4 Å². The molecule has 0 spiro atoms. The molecule has 0 atom stereocenters. The first-order valence-corrected chi connectivity index (χ1v) is 5.18. The van der Waals surface area contributed by atoms with Crippen molar-refractivity contribution in [1.82, 2.24) is 0 Å². The molecule has 0 aromatic rings. The van der Waals surface area contributed by atoms with Crippen molar-refractivity contribution in [2.75, 3.05) is 27.2 Å². The monoisotopic (exact) mass is 215 g/mol. The fourth-order valence-electron chi connectivity index (χ4n) is 1.19. The minimum atomic E-state index is -5.08. The Morgan fingerprint density at radius 3 is 1.69 bits per heavy atom. The van der Waals surface area contributed by atoms with Gasteiger partial charge in [-0.15, -0.1) is 0 Å². The Morgan fingerprint density at radius 2 is 1.62 bits per heavy atom. The Kier molecular flexibility index (Phi) is 4.76. The first kappa shape index (κ1) is 12.8. The number of likely N-dealkylation sites (tertiary alicyclic amines) is 1. The molecule has 80 valence electrons. The van der Waals surface area contributed by atoms with Crippen LogP contribution in [-0.2, 0) is 14.8 Å². The first-order valence-electron chi connectivity index (χ1n) is 3.85. The second-order valence-corrected chi connectivity index (χ2v) is 4.50. The van der Waals surface area contributed by atoms with Crippen LogP contribution in [0.5, 0.6) is 0 Å². The van der Waals surface area contributed by atoms with Crippen LogP contribution in [0.25, 0.3) is 0 Å². The fraction of sp³-hybridized carbons (Fsp3) is 1.00. The summed E-state index contributed by atoms with van der Waals surface area (Å²) in [5.41, 5.74) is 0. The van der Waals surface area contributed by atoms with Crippen molar-refractivity contribution >= 4 is 10.4 Å². The maximum atomic E-state index is 10.1. The highest BCUT2D eigenvalue weighted by Crippen LogP contribution is 2.11. The minimum absolute atomic E-state index is 1.25. The number of hydrogen-bond acceptors (Lipinski definition) is 4. The van der Waals surface area contributed by atoms with Crippen LogP contribution in [0.2, 0.25) is 0 Å². The van der Waals surface area contributed by atoms with Crippen LogP contribution in [0.4, 0.5) is 4.53 Å². The maximum Gasteiger partial charge on any atom is 0.250 e. The van der Waals surface area contributed by atoms with Crippen LogP contribution in [0, 0.1) is 0 Å². The zero-order chi connectivity index (χ0) is 10.5. The standard InChI is InChI=1S/C6H14N.FHO4S/c1-7(2)5-3-4-6-7;1-5-6(2,3)4/h3-6H2,1-2H3;(H,2,3,4)/q+1;/p-1. The van der Waals surface area contributed by atoms with Crippen LogP contribution < -0.4 is 0 Å². The fourth-order valence-corrected chi connectivity index (χ4v) is 1.19. The lowest BCUT2D eigenvalue weighted by atomic mass is 10.4. The molecule has 0 unspecified atom stereocenters. The maximum absolute atomic E-state index is 10.1. The van der Waals surface area contributed by atoms with Crippen LogP contribution in [0.3, 0.4) is 0 Å². The summed E-state index contributed by atoms with van der Waals surface area (Å²) in [6, 6.07) is 0. The Morgan fingerprint density at radius 1 is 1.31 bits per heavy atom. The van der Waals surface area contributed by atoms with Gasteiger partial charge in [0, 0.05) is 12.8 Å². The van der Waals surface area contributed by atoms with Gasteiger partial charge in [-0.1, -0.05) is 4.39 Å². The summed E-state index contributed by atoms with van der Waals surface area (Å²) in [4.78, 5) is 0. The molecule has 0 N–H and O–H groups in total. The largest absolute Gasteiger partial charge is 0.724 e. The van der Waals surface area contributed by atoms with Crippen LogP contribution in [0.1, 0.15) is 12.8 Å². The van der Waals surface area contributed by atoms with E-state index < -0.39 is 10.4 Å². The van der Waals surface area contributed by atoms with Crippen molar-refractivity contribution in [3.63, 3.8) is 0 Å². The zero-order valence-electron chi connectivity index (χ0n) is 7.69. The van der Waals surface area contributed by atoms with Gasteiger partial charge < -0.3 is 9.04 Å². The Labute approximate surface area is 77.6 Å². The van der Waals surface area contributed by atoms with E-state index in [9.17, 15) is 4.53 Å². The number of hydrogen-bond donors (Lipinski definition) is 0. The van der Waals surface area contributed by atoms with Gasteiger partial charge in [-0.25, -0.2) is 8.42 Å². The van der Waals surface area contributed by atoms with E-state index in [-0.39, 0.29) is 0 Å². The Hall–Kier alpha value is -0.240. The van der Waals surface area contributed by atoms with Gasteiger partial charge in [-0.05, 0) is 4.53 Å². The van der Waals surface area contributed by atoms with E-state index in [4.69, 9.17) is 13.0 Å². The third kappa shape index (κ3) is 8.10. The first-order chi connectivity index (χ1) is 5.77. The highest BCUT2D eigenvalue weighted by Gasteiger charge is 2.19. The van der Waals surface area contributed by atoms with Gasteiger partial charge in [0.15, 0.2) is 0 Å². The van der Waals surface area contributed by atoms with E-state index in [0.29, 0.717) is 0 Å². The Bertz CT molecular complexity index is 231. The topological polar surface area (TPSA) is 66.4 Å². The Balaban J connectivity index is 0.000000226. The predicted octanol–water partition coefficient (Wildman–Crippen LogP) is 0.204. The van der Waals surface area contributed by atoms with Gasteiger partial charge in [-0.3, -0.25) is 0 Å². The molecule has 0 amide bonds. The van der Waals surface area contributed by atoms with E-state index in [1.807, 2.05) is 4.39 Å².